The first-order valence-electron chi connectivity index (χ1n) is 7.82. The first kappa shape index (κ1) is 18.4. The smallest absolute Gasteiger partial charge is 0.386 e. The van der Waals surface area contributed by atoms with Crippen LogP contribution in [0.1, 0.15) is 36.4 Å². The van der Waals surface area contributed by atoms with Gasteiger partial charge in [-0.25, -0.2) is 0 Å². The molecule has 3 nitrogen and oxygen atoms in total. The van der Waals surface area contributed by atoms with Crippen molar-refractivity contribution in [2.75, 3.05) is 20.8 Å². The Kier molecular flexibility index (Phi) is 5.88. The van der Waals surface area contributed by atoms with Gasteiger partial charge in [0.25, 0.3) is 0 Å². The van der Waals surface area contributed by atoms with E-state index in [1.165, 1.54) is 14.2 Å². The molecule has 0 aromatic heterocycles. The van der Waals surface area contributed by atoms with Crippen LogP contribution in [-0.2, 0) is 8.85 Å². The summed E-state index contributed by atoms with van der Waals surface area (Å²) in [7, 11) is -0.130. The second kappa shape index (κ2) is 7.34. The topological polar surface area (TPSA) is 21.7 Å². The molecule has 23 heavy (non-hydrogen) atoms. The number of benzene rings is 1. The van der Waals surface area contributed by atoms with Gasteiger partial charge in [-0.3, -0.25) is 4.57 Å². The van der Waals surface area contributed by atoms with Crippen LogP contribution in [0.5, 0.6) is 0 Å². The molecule has 0 N–H and O–H groups in total. The highest BCUT2D eigenvalue weighted by Crippen LogP contribution is 2.39. The lowest BCUT2D eigenvalue weighted by Gasteiger charge is -2.39. The summed E-state index contributed by atoms with van der Waals surface area (Å²) in [6, 6.07) is 8.09. The summed E-state index contributed by atoms with van der Waals surface area (Å²) in [6.45, 7) is 2.73. The minimum atomic E-state index is -4.20. The van der Waals surface area contributed by atoms with Crippen molar-refractivity contribution in [3.05, 3.63) is 35.4 Å². The fourth-order valence-electron chi connectivity index (χ4n) is 3.36. The lowest BCUT2D eigenvalue weighted by Crippen LogP contribution is -2.57. The normalized spacial score (nSPS) is 20.2. The van der Waals surface area contributed by atoms with Crippen molar-refractivity contribution in [3.63, 3.8) is 0 Å². The molecule has 1 unspecified atom stereocenters. The van der Waals surface area contributed by atoms with E-state index < -0.39 is 21.3 Å². The Bertz CT molecular complexity index is 520. The Morgan fingerprint density at radius 2 is 1.96 bits per heavy atom. The zero-order chi connectivity index (χ0) is 17.1. The van der Waals surface area contributed by atoms with Gasteiger partial charge in [0.15, 0.2) is 0 Å². The lowest BCUT2D eigenvalue weighted by molar-refractivity contribution is -0.132. The molecular weight excluding hydrogens is 323 g/mol. The summed E-state index contributed by atoms with van der Waals surface area (Å²) in [4.78, 5) is 0. The average molecular weight is 347 g/mol. The van der Waals surface area contributed by atoms with Crippen LogP contribution in [0.4, 0.5) is 13.2 Å². The van der Waals surface area contributed by atoms with Crippen LogP contribution in [0.3, 0.4) is 0 Å². The lowest BCUT2D eigenvalue weighted by atomic mass is 10.0. The maximum atomic E-state index is 12.7. The molecule has 0 radical (unpaired) electrons. The number of rotatable bonds is 6. The SMILES string of the molecule is CO[Si](CCC(F)(F)F)(OC)N1CCCC1c1cccc(C)c1. The quantitative estimate of drug-likeness (QED) is 0.716. The maximum absolute atomic E-state index is 12.7. The zero-order valence-electron chi connectivity index (χ0n) is 13.8. The molecule has 1 aromatic carbocycles. The summed E-state index contributed by atoms with van der Waals surface area (Å²) in [5.41, 5.74) is 2.27. The summed E-state index contributed by atoms with van der Waals surface area (Å²) in [5, 5.41) is 0. The molecule has 0 spiro atoms. The molecule has 0 bridgehead atoms. The summed E-state index contributed by atoms with van der Waals surface area (Å²) in [6.07, 6.45) is -3.23. The van der Waals surface area contributed by atoms with Gasteiger partial charge in [0.05, 0.1) is 0 Å². The van der Waals surface area contributed by atoms with Gasteiger partial charge in [0.1, 0.15) is 0 Å². The Balaban J connectivity index is 2.26. The van der Waals surface area contributed by atoms with E-state index in [4.69, 9.17) is 8.85 Å². The first-order chi connectivity index (χ1) is 10.8. The van der Waals surface area contributed by atoms with Crippen molar-refractivity contribution in [2.24, 2.45) is 0 Å². The molecule has 1 heterocycles. The number of halogens is 3. The van der Waals surface area contributed by atoms with Crippen molar-refractivity contribution in [3.8, 4) is 0 Å². The number of hydrogen-bond acceptors (Lipinski definition) is 3. The van der Waals surface area contributed by atoms with Crippen molar-refractivity contribution in [2.45, 2.75) is 44.4 Å². The number of alkyl halides is 3. The van der Waals surface area contributed by atoms with E-state index in [0.29, 0.717) is 6.54 Å². The minimum absolute atomic E-state index is 0.0645. The Labute approximate surface area is 136 Å². The van der Waals surface area contributed by atoms with Crippen LogP contribution in [0.2, 0.25) is 6.04 Å². The summed E-state index contributed by atoms with van der Waals surface area (Å²) in [5.74, 6) is 0. The fourth-order valence-corrected chi connectivity index (χ4v) is 6.55. The minimum Gasteiger partial charge on any atom is -0.386 e. The number of hydrogen-bond donors (Lipinski definition) is 0. The van der Waals surface area contributed by atoms with Crippen molar-refractivity contribution in [1.29, 1.82) is 0 Å². The van der Waals surface area contributed by atoms with Crippen LogP contribution in [0.25, 0.3) is 0 Å². The van der Waals surface area contributed by atoms with Gasteiger partial charge in [-0.15, -0.1) is 0 Å². The van der Waals surface area contributed by atoms with E-state index in [2.05, 4.69) is 10.6 Å². The third-order valence-corrected chi connectivity index (χ3v) is 8.05. The van der Waals surface area contributed by atoms with Gasteiger partial charge in [-0.1, -0.05) is 29.8 Å². The Morgan fingerprint density at radius 3 is 2.52 bits per heavy atom. The second-order valence-corrected chi connectivity index (χ2v) is 9.32. The Hall–Kier alpha value is -0.893. The van der Waals surface area contributed by atoms with Gasteiger partial charge >= 0.3 is 14.9 Å². The average Bonchev–Trinajstić information content (AvgIpc) is 2.98. The molecule has 130 valence electrons. The fraction of sp³-hybridized carbons (Fsp3) is 0.625. The zero-order valence-corrected chi connectivity index (χ0v) is 14.8. The number of aryl methyl sites for hydroxylation is 1. The molecular formula is C16H24F3NO2Si. The van der Waals surface area contributed by atoms with E-state index in [1.54, 1.807) is 0 Å². The van der Waals surface area contributed by atoms with Crippen LogP contribution < -0.4 is 0 Å². The van der Waals surface area contributed by atoms with Crippen LogP contribution in [0, 0.1) is 6.92 Å². The second-order valence-electron chi connectivity index (χ2n) is 6.00. The van der Waals surface area contributed by atoms with Gasteiger partial charge in [-0.2, -0.15) is 13.2 Å². The highest BCUT2D eigenvalue weighted by molar-refractivity contribution is 6.64. The predicted octanol–water partition coefficient (Wildman–Crippen LogP) is 4.32. The monoisotopic (exact) mass is 347 g/mol. The highest BCUT2D eigenvalue weighted by atomic mass is 28.4. The van der Waals surface area contributed by atoms with Crippen molar-refractivity contribution in [1.82, 2.24) is 4.57 Å². The van der Waals surface area contributed by atoms with Crippen molar-refractivity contribution < 1.29 is 22.0 Å². The number of nitrogens with zero attached hydrogens (tertiary/aromatic N) is 1. The summed E-state index contributed by atoms with van der Waals surface area (Å²) < 4.78 is 51.4. The molecule has 2 rings (SSSR count). The standard InChI is InChI=1S/C16H24F3NO2Si/c1-13-6-4-7-14(12-13)15-8-5-10-20(15)23(21-2,22-3)11-9-16(17,18)19/h4,6-7,12,15H,5,8-11H2,1-3H3. The molecule has 0 amide bonds. The van der Waals surface area contributed by atoms with E-state index in [1.807, 2.05) is 25.1 Å². The van der Waals surface area contributed by atoms with Gasteiger partial charge in [-0.05, 0) is 31.9 Å². The predicted molar refractivity (Wildman–Crippen MR) is 85.1 cm³/mol. The molecule has 1 aromatic rings. The Morgan fingerprint density at radius 1 is 1.26 bits per heavy atom. The van der Waals surface area contributed by atoms with E-state index >= 15 is 0 Å². The van der Waals surface area contributed by atoms with Gasteiger partial charge in [0.2, 0.25) is 0 Å². The maximum Gasteiger partial charge on any atom is 0.428 e. The molecule has 1 saturated heterocycles. The van der Waals surface area contributed by atoms with Crippen LogP contribution in [-0.4, -0.2) is 40.2 Å². The van der Waals surface area contributed by atoms with Gasteiger partial charge < -0.3 is 8.85 Å². The highest BCUT2D eigenvalue weighted by Gasteiger charge is 2.50. The van der Waals surface area contributed by atoms with Crippen LogP contribution >= 0.6 is 0 Å². The van der Waals surface area contributed by atoms with E-state index in [9.17, 15) is 13.2 Å². The van der Waals surface area contributed by atoms with E-state index in [-0.39, 0.29) is 12.1 Å². The molecule has 1 fully saturated rings. The molecule has 7 heteroatoms. The molecule has 1 atom stereocenters. The van der Waals surface area contributed by atoms with Crippen LogP contribution in [0.15, 0.2) is 24.3 Å². The van der Waals surface area contributed by atoms with E-state index in [0.717, 1.165) is 24.0 Å². The third kappa shape index (κ3) is 4.35. The molecule has 1 aliphatic rings. The largest absolute Gasteiger partial charge is 0.428 e. The first-order valence-corrected chi connectivity index (χ1v) is 9.79. The van der Waals surface area contributed by atoms with Crippen molar-refractivity contribution >= 4 is 8.72 Å². The molecule has 0 saturated carbocycles. The third-order valence-electron chi connectivity index (χ3n) is 4.48. The van der Waals surface area contributed by atoms with Gasteiger partial charge in [0, 0.05) is 32.7 Å². The summed E-state index contributed by atoms with van der Waals surface area (Å²) >= 11 is 0. The molecule has 1 aliphatic heterocycles. The molecule has 0 aliphatic carbocycles.